The van der Waals surface area contributed by atoms with Crippen molar-refractivity contribution in [3.05, 3.63) is 65.2 Å². The number of ketones is 1. The monoisotopic (exact) mass is 707 g/mol. The Morgan fingerprint density at radius 1 is 1.00 bits per heavy atom. The van der Waals surface area contributed by atoms with Crippen molar-refractivity contribution in [1.29, 1.82) is 0 Å². The van der Waals surface area contributed by atoms with E-state index in [9.17, 15) is 22.8 Å². The maximum Gasteiger partial charge on any atom is 0.461 e. The number of aryl methyl sites for hydroxylation is 2. The van der Waals surface area contributed by atoms with Crippen LogP contribution in [0.2, 0.25) is 5.82 Å². The Morgan fingerprint density at radius 2 is 1.68 bits per heavy atom. The number of carbonyl (C=O) groups excluding carboxylic acids is 3. The Bertz CT molecular complexity index is 1650. The van der Waals surface area contributed by atoms with Crippen LogP contribution in [0.3, 0.4) is 0 Å². The van der Waals surface area contributed by atoms with Crippen molar-refractivity contribution in [2.45, 2.75) is 122 Å². The smallest absolute Gasteiger partial charge is 0.405 e. The van der Waals surface area contributed by atoms with Gasteiger partial charge >= 0.3 is 13.1 Å². The first-order valence-electron chi connectivity index (χ1n) is 18.2. The van der Waals surface area contributed by atoms with Crippen LogP contribution in [0.5, 0.6) is 0 Å². The zero-order valence-corrected chi connectivity index (χ0v) is 31.4. The molecule has 2 aromatic rings. The van der Waals surface area contributed by atoms with Crippen molar-refractivity contribution in [3.8, 4) is 0 Å². The minimum Gasteiger partial charge on any atom is -0.405 e. The number of urea groups is 1. The fourth-order valence-electron chi connectivity index (χ4n) is 8.22. The molecule has 12 heteroatoms. The zero-order valence-electron chi connectivity index (χ0n) is 30.6. The van der Waals surface area contributed by atoms with Crippen molar-refractivity contribution in [3.63, 3.8) is 0 Å². The van der Waals surface area contributed by atoms with E-state index in [0.29, 0.717) is 23.8 Å². The van der Waals surface area contributed by atoms with Gasteiger partial charge in [0.25, 0.3) is 15.9 Å². The van der Waals surface area contributed by atoms with E-state index in [2.05, 4.69) is 52.2 Å². The minimum absolute atomic E-state index is 0.0364. The average molecular weight is 708 g/mol. The number of amides is 3. The van der Waals surface area contributed by atoms with Gasteiger partial charge in [0.2, 0.25) is 0 Å². The first-order chi connectivity index (χ1) is 23.5. The molecular weight excluding hydrogens is 653 g/mol. The maximum absolute atomic E-state index is 14.1. The van der Waals surface area contributed by atoms with Gasteiger partial charge in [0, 0.05) is 24.3 Å². The van der Waals surface area contributed by atoms with Crippen molar-refractivity contribution >= 4 is 34.9 Å². The standard InChI is InChI=1S/C38H54BN3O7S/c1-8-9-10-26-13-15-27(16-14-26)35(44)41-31(23-40-36(45)42-50(46,47)30-17-11-25(4)12-18-30)32(43)22-29(19-24(2)3)39-48-34-21-28-20-33(37(28,5)6)38(34,7)49-39/h11-18,24,28-29,31,33-34H,8-10,19-23H2,1-7H3,(H,41,44)(H2,40,42,45)/t28-,29-,31+,33-,34-,38+/m1/s1. The fourth-order valence-corrected chi connectivity index (χ4v) is 9.15. The van der Waals surface area contributed by atoms with Crippen LogP contribution in [0.25, 0.3) is 0 Å². The van der Waals surface area contributed by atoms with E-state index in [1.807, 2.05) is 23.8 Å². The number of benzene rings is 2. The highest BCUT2D eigenvalue weighted by atomic mass is 32.2. The number of carbonyl (C=O) groups is 3. The summed E-state index contributed by atoms with van der Waals surface area (Å²) in [6.07, 6.45) is 5.74. The van der Waals surface area contributed by atoms with E-state index < -0.39 is 40.7 Å². The number of unbranched alkanes of at least 4 members (excludes halogenated alkanes) is 1. The lowest BCUT2D eigenvalue weighted by Crippen LogP contribution is -2.65. The van der Waals surface area contributed by atoms with Crippen LogP contribution in [-0.4, -0.2) is 57.5 Å². The molecule has 0 aromatic heterocycles. The summed E-state index contributed by atoms with van der Waals surface area (Å²) in [5.74, 6) is 0.161. The van der Waals surface area contributed by atoms with E-state index >= 15 is 0 Å². The van der Waals surface area contributed by atoms with Crippen molar-refractivity contribution in [2.75, 3.05) is 6.54 Å². The summed E-state index contributed by atoms with van der Waals surface area (Å²) < 4.78 is 41.1. The topological polar surface area (TPSA) is 140 Å². The van der Waals surface area contributed by atoms with E-state index in [-0.39, 0.29) is 46.9 Å². The molecular formula is C38H54BN3O7S. The van der Waals surface area contributed by atoms with Crippen LogP contribution >= 0.6 is 0 Å². The Balaban J connectivity index is 1.31. The predicted octanol–water partition coefficient (Wildman–Crippen LogP) is 6.23. The molecule has 272 valence electrons. The molecule has 1 aliphatic heterocycles. The largest absolute Gasteiger partial charge is 0.461 e. The number of rotatable bonds is 15. The molecule has 50 heavy (non-hydrogen) atoms. The molecule has 4 fully saturated rings. The summed E-state index contributed by atoms with van der Waals surface area (Å²) in [6.45, 7) is 14.6. The van der Waals surface area contributed by atoms with E-state index in [4.69, 9.17) is 9.31 Å². The van der Waals surface area contributed by atoms with Crippen molar-refractivity contribution < 1.29 is 32.1 Å². The Labute approximate surface area is 298 Å². The molecule has 0 unspecified atom stereocenters. The van der Waals surface area contributed by atoms with Gasteiger partial charge in [-0.15, -0.1) is 0 Å². The molecule has 3 aliphatic carbocycles. The summed E-state index contributed by atoms with van der Waals surface area (Å²) >= 11 is 0. The molecule has 3 saturated carbocycles. The van der Waals surface area contributed by atoms with Gasteiger partial charge in [-0.25, -0.2) is 17.9 Å². The Hall–Kier alpha value is -3.22. The van der Waals surface area contributed by atoms with Crippen LogP contribution in [0.15, 0.2) is 53.4 Å². The summed E-state index contributed by atoms with van der Waals surface area (Å²) in [5, 5.41) is 5.33. The fraction of sp³-hybridized carbons (Fsp3) is 0.605. The summed E-state index contributed by atoms with van der Waals surface area (Å²) in [5.41, 5.74) is 2.12. The highest BCUT2D eigenvalue weighted by Crippen LogP contribution is 2.66. The number of hydrogen-bond acceptors (Lipinski definition) is 7. The SMILES string of the molecule is CCCCc1ccc(C(=O)N[C@@H](CNC(=O)NS(=O)(=O)c2ccc(C)cc2)C(=O)C[C@@H](CC(C)C)B2O[C@@H]3C[C@H]4C[C@H](C4(C)C)[C@]3(C)O2)cc1. The van der Waals surface area contributed by atoms with Gasteiger partial charge in [0.15, 0.2) is 5.78 Å². The highest BCUT2D eigenvalue weighted by molar-refractivity contribution is 7.90. The third kappa shape index (κ3) is 8.29. The lowest BCUT2D eigenvalue weighted by Gasteiger charge is -2.64. The second kappa shape index (κ2) is 15.2. The van der Waals surface area contributed by atoms with Gasteiger partial charge in [0.05, 0.1) is 16.6 Å². The maximum atomic E-state index is 14.1. The molecule has 0 spiro atoms. The Morgan fingerprint density at radius 3 is 2.30 bits per heavy atom. The molecule has 1 saturated heterocycles. The molecule has 6 atom stereocenters. The lowest BCUT2D eigenvalue weighted by atomic mass is 9.43. The van der Waals surface area contributed by atoms with E-state index in [0.717, 1.165) is 43.2 Å². The molecule has 2 aromatic carbocycles. The number of sulfonamides is 1. The molecule has 3 N–H and O–H groups in total. The van der Waals surface area contributed by atoms with Gasteiger partial charge in [-0.05, 0) is 98.9 Å². The van der Waals surface area contributed by atoms with Crippen molar-refractivity contribution in [1.82, 2.24) is 15.4 Å². The third-order valence-corrected chi connectivity index (χ3v) is 12.7. The molecule has 10 nitrogen and oxygen atoms in total. The number of Topliss-reactive ketones (excluding diaryl/α,β-unsaturated/α-hetero) is 1. The lowest BCUT2D eigenvalue weighted by molar-refractivity contribution is -0.199. The average Bonchev–Trinajstić information content (AvgIpc) is 3.42. The Kier molecular flexibility index (Phi) is 11.5. The summed E-state index contributed by atoms with van der Waals surface area (Å²) in [7, 11) is -4.73. The van der Waals surface area contributed by atoms with Gasteiger partial charge in [-0.2, -0.15) is 0 Å². The third-order valence-electron chi connectivity index (χ3n) is 11.3. The van der Waals surface area contributed by atoms with Gasteiger partial charge < -0.3 is 19.9 Å². The van der Waals surface area contributed by atoms with Gasteiger partial charge in [-0.1, -0.05) is 70.9 Å². The van der Waals surface area contributed by atoms with Crippen LogP contribution in [0, 0.1) is 30.1 Å². The first kappa shape index (κ1) is 38.0. The van der Waals surface area contributed by atoms with Crippen molar-refractivity contribution in [2.24, 2.45) is 23.2 Å². The van der Waals surface area contributed by atoms with Crippen LogP contribution in [0.4, 0.5) is 4.79 Å². The normalized spacial score (nSPS) is 24.9. The van der Waals surface area contributed by atoms with E-state index in [1.54, 1.807) is 24.3 Å². The second-order valence-electron chi connectivity index (χ2n) is 15.9. The zero-order chi connectivity index (χ0) is 36.4. The predicted molar refractivity (Wildman–Crippen MR) is 194 cm³/mol. The molecule has 0 radical (unpaired) electrons. The summed E-state index contributed by atoms with van der Waals surface area (Å²) in [6, 6.07) is 11.2. The van der Waals surface area contributed by atoms with Gasteiger partial charge in [-0.3, -0.25) is 9.59 Å². The quantitative estimate of drug-likeness (QED) is 0.187. The molecule has 1 heterocycles. The van der Waals surface area contributed by atoms with E-state index in [1.165, 1.54) is 12.1 Å². The minimum atomic E-state index is -4.16. The second-order valence-corrected chi connectivity index (χ2v) is 17.5. The van der Waals surface area contributed by atoms with Crippen LogP contribution in [0.1, 0.15) is 102 Å². The number of hydrogen-bond donors (Lipinski definition) is 3. The molecule has 2 bridgehead atoms. The van der Waals surface area contributed by atoms with Crippen LogP contribution in [-0.2, 0) is 30.5 Å². The van der Waals surface area contributed by atoms with Gasteiger partial charge in [0.1, 0.15) is 6.04 Å². The number of nitrogens with one attached hydrogen (secondary N) is 3. The van der Waals surface area contributed by atoms with Crippen LogP contribution < -0.4 is 15.4 Å². The first-order valence-corrected chi connectivity index (χ1v) is 19.6. The molecule has 4 aliphatic rings. The summed E-state index contributed by atoms with van der Waals surface area (Å²) in [4.78, 5) is 40.4. The highest BCUT2D eigenvalue weighted by Gasteiger charge is 2.68. The molecule has 6 rings (SSSR count). The molecule has 3 amide bonds.